The van der Waals surface area contributed by atoms with Gasteiger partial charge in [-0.05, 0) is 30.7 Å². The highest BCUT2D eigenvalue weighted by Gasteiger charge is 2.42. The zero-order valence-corrected chi connectivity index (χ0v) is 11.5. The summed E-state index contributed by atoms with van der Waals surface area (Å²) in [6.45, 7) is 2.92. The molecular weight excluding hydrogens is 236 g/mol. The molecule has 2 aliphatic rings. The highest BCUT2D eigenvalue weighted by Crippen LogP contribution is 2.38. The summed E-state index contributed by atoms with van der Waals surface area (Å²) in [6.07, 6.45) is 3.69. The van der Waals surface area contributed by atoms with E-state index in [4.69, 9.17) is 5.73 Å². The number of likely N-dealkylation sites (tertiary alicyclic amines) is 1. The van der Waals surface area contributed by atoms with E-state index in [-0.39, 0.29) is 17.9 Å². The minimum Gasteiger partial charge on any atom is -0.339 e. The van der Waals surface area contributed by atoms with Crippen molar-refractivity contribution in [3.63, 3.8) is 0 Å². The molecule has 0 spiro atoms. The summed E-state index contributed by atoms with van der Waals surface area (Å²) >= 11 is 0. The first-order valence-corrected chi connectivity index (χ1v) is 7.28. The summed E-state index contributed by atoms with van der Waals surface area (Å²) in [5.74, 6) is 0.847. The van der Waals surface area contributed by atoms with Crippen molar-refractivity contribution in [1.29, 1.82) is 0 Å². The first kappa shape index (κ1) is 12.7. The molecule has 1 aliphatic carbocycles. The maximum absolute atomic E-state index is 12.6. The van der Waals surface area contributed by atoms with Crippen molar-refractivity contribution >= 4 is 5.91 Å². The van der Waals surface area contributed by atoms with Gasteiger partial charge in [0.05, 0.1) is 5.92 Å². The minimum atomic E-state index is -0.201. The summed E-state index contributed by atoms with van der Waals surface area (Å²) < 4.78 is 0. The lowest BCUT2D eigenvalue weighted by Gasteiger charge is -2.31. The van der Waals surface area contributed by atoms with Crippen molar-refractivity contribution in [2.75, 3.05) is 6.54 Å². The molecule has 2 fully saturated rings. The quantitative estimate of drug-likeness (QED) is 0.904. The van der Waals surface area contributed by atoms with Crippen LogP contribution in [0.15, 0.2) is 30.3 Å². The van der Waals surface area contributed by atoms with E-state index in [2.05, 4.69) is 4.90 Å². The standard InChI is InChI=1S/C16H22N2O/c1-11(15(17)13-5-3-2-4-6-13)16(19)18-10-12-7-8-14(18)9-12/h2-6,11-12,14-15H,7-10,17H2,1H3/t11-,12+,14+,15-/m1/s1. The van der Waals surface area contributed by atoms with E-state index in [1.54, 1.807) is 0 Å². The monoisotopic (exact) mass is 258 g/mol. The van der Waals surface area contributed by atoms with Crippen molar-refractivity contribution in [3.05, 3.63) is 35.9 Å². The number of nitrogens with two attached hydrogens (primary N) is 1. The number of hydrogen-bond donors (Lipinski definition) is 1. The van der Waals surface area contributed by atoms with Gasteiger partial charge in [0, 0.05) is 18.6 Å². The third-order valence-electron chi connectivity index (χ3n) is 4.80. The molecule has 2 N–H and O–H groups in total. The number of fused-ring (bicyclic) bond motifs is 2. The fourth-order valence-corrected chi connectivity index (χ4v) is 3.57. The summed E-state index contributed by atoms with van der Waals surface area (Å²) in [6, 6.07) is 10.2. The van der Waals surface area contributed by atoms with E-state index in [9.17, 15) is 4.79 Å². The molecule has 0 unspecified atom stereocenters. The lowest BCUT2D eigenvalue weighted by molar-refractivity contribution is -0.137. The second-order valence-corrected chi connectivity index (χ2v) is 6.05. The number of carbonyl (C=O) groups excluding carboxylic acids is 1. The smallest absolute Gasteiger partial charge is 0.227 e. The van der Waals surface area contributed by atoms with Crippen molar-refractivity contribution < 1.29 is 4.79 Å². The lowest BCUT2D eigenvalue weighted by atomic mass is 9.93. The van der Waals surface area contributed by atoms with E-state index in [0.29, 0.717) is 6.04 Å². The molecule has 3 nitrogen and oxygen atoms in total. The van der Waals surface area contributed by atoms with Crippen LogP contribution in [0.4, 0.5) is 0 Å². The van der Waals surface area contributed by atoms with Gasteiger partial charge in [-0.15, -0.1) is 0 Å². The molecule has 1 aliphatic heterocycles. The second kappa shape index (κ2) is 4.97. The predicted octanol–water partition coefficient (Wildman–Crippen LogP) is 2.33. The highest BCUT2D eigenvalue weighted by atomic mass is 16.2. The number of benzene rings is 1. The van der Waals surface area contributed by atoms with Gasteiger partial charge >= 0.3 is 0 Å². The molecule has 1 aromatic rings. The number of rotatable bonds is 3. The Morgan fingerprint density at radius 3 is 2.63 bits per heavy atom. The molecule has 1 saturated heterocycles. The normalized spacial score (nSPS) is 28.4. The first-order valence-electron chi connectivity index (χ1n) is 7.28. The van der Waals surface area contributed by atoms with Crippen LogP contribution in [0, 0.1) is 11.8 Å². The Balaban J connectivity index is 1.70. The molecule has 4 atom stereocenters. The summed E-state index contributed by atoms with van der Waals surface area (Å²) in [5, 5.41) is 0. The molecule has 0 aromatic heterocycles. The molecular formula is C16H22N2O. The highest BCUT2D eigenvalue weighted by molar-refractivity contribution is 5.80. The number of nitrogens with zero attached hydrogens (tertiary/aromatic N) is 1. The van der Waals surface area contributed by atoms with Gasteiger partial charge in [0.15, 0.2) is 0 Å². The molecule has 1 amide bonds. The zero-order chi connectivity index (χ0) is 13.4. The molecule has 0 radical (unpaired) electrons. The number of amides is 1. The maximum atomic E-state index is 12.6. The maximum Gasteiger partial charge on any atom is 0.227 e. The molecule has 2 bridgehead atoms. The van der Waals surface area contributed by atoms with E-state index in [1.165, 1.54) is 19.3 Å². The molecule has 19 heavy (non-hydrogen) atoms. The topological polar surface area (TPSA) is 46.3 Å². The summed E-state index contributed by atoms with van der Waals surface area (Å²) in [5.41, 5.74) is 7.31. The van der Waals surface area contributed by atoms with E-state index < -0.39 is 0 Å². The van der Waals surface area contributed by atoms with Crippen LogP contribution in [0.5, 0.6) is 0 Å². The van der Waals surface area contributed by atoms with E-state index in [1.807, 2.05) is 37.3 Å². The number of piperidine rings is 1. The van der Waals surface area contributed by atoms with Crippen LogP contribution in [0.25, 0.3) is 0 Å². The van der Waals surface area contributed by atoms with E-state index in [0.717, 1.165) is 18.0 Å². The molecule has 1 heterocycles. The fraction of sp³-hybridized carbons (Fsp3) is 0.562. The third kappa shape index (κ3) is 2.27. The van der Waals surface area contributed by atoms with Crippen LogP contribution in [0.2, 0.25) is 0 Å². The first-order chi connectivity index (χ1) is 9.16. The summed E-state index contributed by atoms with van der Waals surface area (Å²) in [4.78, 5) is 14.7. The molecule has 3 rings (SSSR count). The van der Waals surface area contributed by atoms with Gasteiger partial charge in [-0.25, -0.2) is 0 Å². The Bertz CT molecular complexity index is 459. The molecule has 1 aromatic carbocycles. The van der Waals surface area contributed by atoms with Crippen LogP contribution < -0.4 is 5.73 Å². The van der Waals surface area contributed by atoms with Gasteiger partial charge in [-0.2, -0.15) is 0 Å². The van der Waals surface area contributed by atoms with Gasteiger partial charge in [0.25, 0.3) is 0 Å². The Labute approximate surface area is 114 Å². The van der Waals surface area contributed by atoms with Gasteiger partial charge in [-0.3, -0.25) is 4.79 Å². The van der Waals surface area contributed by atoms with E-state index >= 15 is 0 Å². The van der Waals surface area contributed by atoms with Crippen LogP contribution in [-0.2, 0) is 4.79 Å². The predicted molar refractivity (Wildman–Crippen MR) is 75.4 cm³/mol. The minimum absolute atomic E-state index is 0.137. The van der Waals surface area contributed by atoms with Crippen molar-refractivity contribution in [3.8, 4) is 0 Å². The van der Waals surface area contributed by atoms with Crippen LogP contribution in [0.1, 0.15) is 37.8 Å². The average molecular weight is 258 g/mol. The fourth-order valence-electron chi connectivity index (χ4n) is 3.57. The number of carbonyl (C=O) groups is 1. The van der Waals surface area contributed by atoms with Gasteiger partial charge in [-0.1, -0.05) is 37.3 Å². The Hall–Kier alpha value is -1.35. The van der Waals surface area contributed by atoms with Crippen molar-refractivity contribution in [1.82, 2.24) is 4.90 Å². The molecule has 102 valence electrons. The number of hydrogen-bond acceptors (Lipinski definition) is 2. The molecule has 1 saturated carbocycles. The Morgan fingerprint density at radius 1 is 1.32 bits per heavy atom. The van der Waals surface area contributed by atoms with Crippen LogP contribution in [0.3, 0.4) is 0 Å². The third-order valence-corrected chi connectivity index (χ3v) is 4.80. The molecule has 3 heteroatoms. The zero-order valence-electron chi connectivity index (χ0n) is 11.5. The van der Waals surface area contributed by atoms with Crippen molar-refractivity contribution in [2.45, 2.75) is 38.3 Å². The van der Waals surface area contributed by atoms with Gasteiger partial charge in [0.1, 0.15) is 0 Å². The Kier molecular flexibility index (Phi) is 3.31. The van der Waals surface area contributed by atoms with Crippen LogP contribution >= 0.6 is 0 Å². The largest absolute Gasteiger partial charge is 0.339 e. The average Bonchev–Trinajstić information content (AvgIpc) is 3.08. The SMILES string of the molecule is C[C@@H](C(=O)N1C[C@H]2CC[C@H]1C2)[C@@H](N)c1ccccc1. The van der Waals surface area contributed by atoms with Gasteiger partial charge in [0.2, 0.25) is 5.91 Å². The van der Waals surface area contributed by atoms with Crippen molar-refractivity contribution in [2.24, 2.45) is 17.6 Å². The Morgan fingerprint density at radius 2 is 2.05 bits per heavy atom. The summed E-state index contributed by atoms with van der Waals surface area (Å²) in [7, 11) is 0. The van der Waals surface area contributed by atoms with Crippen LogP contribution in [-0.4, -0.2) is 23.4 Å². The second-order valence-electron chi connectivity index (χ2n) is 6.05. The lowest BCUT2D eigenvalue weighted by Crippen LogP contribution is -2.43. The van der Waals surface area contributed by atoms with Gasteiger partial charge < -0.3 is 10.6 Å².